The highest BCUT2D eigenvalue weighted by Gasteiger charge is 2.09. The van der Waals surface area contributed by atoms with Crippen molar-refractivity contribution in [3.8, 4) is 0 Å². The van der Waals surface area contributed by atoms with Gasteiger partial charge in [-0.25, -0.2) is 0 Å². The largest absolute Gasteiger partial charge is 0.310 e. The van der Waals surface area contributed by atoms with Crippen molar-refractivity contribution in [3.05, 3.63) is 67.5 Å². The first-order valence-corrected chi connectivity index (χ1v) is 4.88. The summed E-state index contributed by atoms with van der Waals surface area (Å²) in [6.45, 7) is 7.18. The van der Waals surface area contributed by atoms with Crippen molar-refractivity contribution >= 4 is 27.5 Å². The van der Waals surface area contributed by atoms with Gasteiger partial charge in [-0.3, -0.25) is 0 Å². The molecule has 0 spiro atoms. The lowest BCUT2D eigenvalue weighted by Crippen LogP contribution is -1.91. The lowest BCUT2D eigenvalue weighted by atomic mass is 10.2. The minimum atomic E-state index is -0.510. The third kappa shape index (κ3) is 1.32. The summed E-state index contributed by atoms with van der Waals surface area (Å²) in [4.78, 5) is 0. The number of nitrogens with zero attached hydrogens (tertiary/aromatic N) is 1. The maximum atomic E-state index is 8.22. The SMILES string of the molecule is [2H]C(=C)C(=C)n1c2c([2H])c([2H])c([2H])c([2H])c2c2c([2H])c([2H])c([2H])c([2H])c21. The monoisotopic (exact) mass is 228 g/mol. The van der Waals surface area contributed by atoms with E-state index in [-0.39, 0.29) is 33.6 Å². The normalized spacial score (nSPS) is 18.2. The van der Waals surface area contributed by atoms with E-state index in [0.29, 0.717) is 0 Å². The summed E-state index contributed by atoms with van der Waals surface area (Å²) in [5, 5.41) is -0.0826. The smallest absolute Gasteiger partial charge is 0.0645 e. The van der Waals surface area contributed by atoms with E-state index in [2.05, 4.69) is 13.2 Å². The van der Waals surface area contributed by atoms with Gasteiger partial charge in [-0.1, -0.05) is 49.4 Å². The van der Waals surface area contributed by atoms with Crippen molar-refractivity contribution < 1.29 is 12.3 Å². The van der Waals surface area contributed by atoms with Crippen LogP contribution in [0.2, 0.25) is 0 Å². The minimum absolute atomic E-state index is 0.0413. The van der Waals surface area contributed by atoms with Crippen LogP contribution >= 0.6 is 0 Å². The van der Waals surface area contributed by atoms with Gasteiger partial charge in [-0.2, -0.15) is 0 Å². The molecule has 0 aliphatic rings. The van der Waals surface area contributed by atoms with E-state index < -0.39 is 48.3 Å². The maximum Gasteiger partial charge on any atom is 0.0645 e. The molecule has 17 heavy (non-hydrogen) atoms. The second-order valence-electron chi connectivity index (χ2n) is 3.41. The van der Waals surface area contributed by atoms with Crippen LogP contribution < -0.4 is 0 Å². The zero-order chi connectivity index (χ0) is 19.7. The highest BCUT2D eigenvalue weighted by Crippen LogP contribution is 2.30. The molecule has 0 saturated carbocycles. The molecule has 1 heteroatoms. The molecule has 1 aromatic heterocycles. The third-order valence-electron chi connectivity index (χ3n) is 2.51. The molecule has 0 N–H and O–H groups in total. The summed E-state index contributed by atoms with van der Waals surface area (Å²) < 4.78 is 73.4. The van der Waals surface area contributed by atoms with Crippen LogP contribution in [-0.2, 0) is 0 Å². The van der Waals surface area contributed by atoms with Crippen LogP contribution in [0.4, 0.5) is 0 Å². The van der Waals surface area contributed by atoms with E-state index in [1.54, 1.807) is 0 Å². The second-order valence-corrected chi connectivity index (χ2v) is 3.41. The first-order chi connectivity index (χ1) is 12.0. The van der Waals surface area contributed by atoms with Crippen LogP contribution in [0.15, 0.2) is 67.5 Å². The molecular formula is C16H13N. The average Bonchev–Trinajstić information content (AvgIpc) is 2.96. The molecule has 0 amide bonds. The van der Waals surface area contributed by atoms with Gasteiger partial charge in [0.25, 0.3) is 0 Å². The Morgan fingerprint density at radius 1 is 1.06 bits per heavy atom. The van der Waals surface area contributed by atoms with Gasteiger partial charge >= 0.3 is 0 Å². The Hall–Kier alpha value is -2.28. The quantitative estimate of drug-likeness (QED) is 0.571. The van der Waals surface area contributed by atoms with Gasteiger partial charge in [0.15, 0.2) is 0 Å². The van der Waals surface area contributed by atoms with E-state index in [1.165, 1.54) is 0 Å². The van der Waals surface area contributed by atoms with Crippen LogP contribution in [0.1, 0.15) is 12.3 Å². The Kier molecular flexibility index (Phi) is 0.895. The zero-order valence-corrected chi connectivity index (χ0v) is 8.86. The number of aromatic nitrogens is 1. The summed E-state index contributed by atoms with van der Waals surface area (Å²) in [6, 6.07) is -3.96. The van der Waals surface area contributed by atoms with E-state index in [1.807, 2.05) is 0 Å². The van der Waals surface area contributed by atoms with Crippen LogP contribution in [0.5, 0.6) is 0 Å². The number of benzene rings is 2. The molecule has 0 aliphatic heterocycles. The Balaban J connectivity index is 2.84. The average molecular weight is 228 g/mol. The van der Waals surface area contributed by atoms with Crippen LogP contribution in [0.3, 0.4) is 0 Å². The fraction of sp³-hybridized carbons (Fsp3) is 0. The molecule has 82 valence electrons. The predicted molar refractivity (Wildman–Crippen MR) is 75.0 cm³/mol. The summed E-state index contributed by atoms with van der Waals surface area (Å²) in [6.07, 6.45) is 0. The Morgan fingerprint density at radius 2 is 1.53 bits per heavy atom. The van der Waals surface area contributed by atoms with Gasteiger partial charge in [0.2, 0.25) is 0 Å². The molecule has 0 aliphatic carbocycles. The number of hydrogen-bond acceptors (Lipinski definition) is 0. The molecule has 3 rings (SSSR count). The van der Waals surface area contributed by atoms with Crippen molar-refractivity contribution in [2.45, 2.75) is 0 Å². The standard InChI is InChI=1S/C16H13N/c1-3-12(2)17-15-10-6-4-8-13(15)14-9-5-7-11-16(14)17/h3-11H,1-2H2/i3D,4D,5D,6D,7D,8D,9D,10D,11D. The summed E-state index contributed by atoms with van der Waals surface area (Å²) in [5.41, 5.74) is -0.159. The number of para-hydroxylation sites is 2. The molecule has 0 atom stereocenters. The first kappa shape index (κ1) is 4.19. The summed E-state index contributed by atoms with van der Waals surface area (Å²) >= 11 is 0. The van der Waals surface area contributed by atoms with Gasteiger partial charge in [-0.15, -0.1) is 0 Å². The van der Waals surface area contributed by atoms with Crippen LogP contribution in [0, 0.1) is 0 Å². The second kappa shape index (κ2) is 3.63. The van der Waals surface area contributed by atoms with Gasteiger partial charge in [0.05, 0.1) is 23.4 Å². The van der Waals surface area contributed by atoms with Gasteiger partial charge in [-0.05, 0) is 18.1 Å². The van der Waals surface area contributed by atoms with Crippen molar-refractivity contribution in [2.75, 3.05) is 0 Å². The topological polar surface area (TPSA) is 4.93 Å². The van der Waals surface area contributed by atoms with Crippen molar-refractivity contribution in [1.29, 1.82) is 0 Å². The predicted octanol–water partition coefficient (Wildman–Crippen LogP) is 4.45. The summed E-state index contributed by atoms with van der Waals surface area (Å²) in [5.74, 6) is 0. The Morgan fingerprint density at radius 3 is 2.00 bits per heavy atom. The molecule has 3 aromatic rings. The molecule has 1 nitrogen and oxygen atoms in total. The molecule has 2 aromatic carbocycles. The summed E-state index contributed by atoms with van der Waals surface area (Å²) in [7, 11) is 0. The van der Waals surface area contributed by atoms with Crippen molar-refractivity contribution in [1.82, 2.24) is 4.57 Å². The van der Waals surface area contributed by atoms with E-state index >= 15 is 0 Å². The Bertz CT molecular complexity index is 1080. The molecule has 0 radical (unpaired) electrons. The zero-order valence-electron chi connectivity index (χ0n) is 17.9. The van der Waals surface area contributed by atoms with Crippen LogP contribution in [0.25, 0.3) is 27.5 Å². The van der Waals surface area contributed by atoms with Crippen LogP contribution in [-0.4, -0.2) is 4.57 Å². The minimum Gasteiger partial charge on any atom is -0.310 e. The first-order valence-electron chi connectivity index (χ1n) is 9.38. The van der Waals surface area contributed by atoms with E-state index in [0.717, 1.165) is 4.57 Å². The fourth-order valence-electron chi connectivity index (χ4n) is 1.77. The lowest BCUT2D eigenvalue weighted by Gasteiger charge is -2.05. The van der Waals surface area contributed by atoms with Gasteiger partial charge in [0.1, 0.15) is 0 Å². The van der Waals surface area contributed by atoms with Crippen molar-refractivity contribution in [3.63, 3.8) is 0 Å². The fourth-order valence-corrected chi connectivity index (χ4v) is 1.77. The Labute approximate surface area is 113 Å². The molecule has 0 bridgehead atoms. The van der Waals surface area contributed by atoms with Gasteiger partial charge < -0.3 is 4.57 Å². The number of rotatable bonds is 2. The molecule has 0 saturated heterocycles. The highest BCUT2D eigenvalue weighted by molar-refractivity contribution is 6.10. The van der Waals surface area contributed by atoms with E-state index in [4.69, 9.17) is 12.3 Å². The molecular weight excluding hydrogens is 206 g/mol. The lowest BCUT2D eigenvalue weighted by molar-refractivity contribution is 1.25. The van der Waals surface area contributed by atoms with E-state index in [9.17, 15) is 0 Å². The maximum absolute atomic E-state index is 8.22. The highest BCUT2D eigenvalue weighted by atomic mass is 15.0. The molecule has 1 heterocycles. The number of fused-ring (bicyclic) bond motifs is 3. The molecule has 0 fully saturated rings. The number of hydrogen-bond donors (Lipinski definition) is 0. The third-order valence-corrected chi connectivity index (χ3v) is 2.51. The molecule has 0 unspecified atom stereocenters. The van der Waals surface area contributed by atoms with Gasteiger partial charge in [0, 0.05) is 16.5 Å². The van der Waals surface area contributed by atoms with Crippen molar-refractivity contribution in [2.24, 2.45) is 0 Å². The number of allylic oxidation sites excluding steroid dienone is 2.